The predicted molar refractivity (Wildman–Crippen MR) is 109 cm³/mol. The molecular weight excluding hydrogens is 384 g/mol. The lowest BCUT2D eigenvalue weighted by atomic mass is 9.92. The number of imide groups is 1. The predicted octanol–water partition coefficient (Wildman–Crippen LogP) is 3.63. The number of aryl methyl sites for hydroxylation is 2. The smallest absolute Gasteiger partial charge is 0.330 e. The van der Waals surface area contributed by atoms with E-state index in [1.54, 1.807) is 25.1 Å². The van der Waals surface area contributed by atoms with Gasteiger partial charge in [0.15, 0.2) is 5.11 Å². The number of urea groups is 1. The molecule has 0 radical (unpaired) electrons. The maximum atomic E-state index is 12.9. The number of carbonyl (C=O) groups is 2. The minimum absolute atomic E-state index is 0.0877. The van der Waals surface area contributed by atoms with Crippen molar-refractivity contribution in [3.63, 3.8) is 0 Å². The number of rotatable bonds is 3. The number of halogens is 1. The first-order chi connectivity index (χ1) is 12.7. The summed E-state index contributed by atoms with van der Waals surface area (Å²) in [5, 5.41) is 7.13. The molecule has 3 rings (SSSR count). The molecule has 0 aromatic heterocycles. The average molecular weight is 403 g/mol. The standard InChI is InChI=1S/C19H19ClN4O2S/c1-11-9-12(2)15(14(20)10-11)21-17(27)23-24-16(25)19(3,22-18(24)26)13-7-5-4-6-8-13/h4-10H,1-3H3,(H,22,26)(H2,21,23,27)/t19-/m0/s1. The van der Waals surface area contributed by atoms with Gasteiger partial charge in [-0.15, -0.1) is 0 Å². The normalized spacial score (nSPS) is 19.0. The number of amides is 3. The summed E-state index contributed by atoms with van der Waals surface area (Å²) in [4.78, 5) is 25.2. The molecule has 0 bridgehead atoms. The Bertz CT molecular complexity index is 912. The van der Waals surface area contributed by atoms with Crippen LogP contribution in [0.4, 0.5) is 10.5 Å². The van der Waals surface area contributed by atoms with Gasteiger partial charge < -0.3 is 10.6 Å². The average Bonchev–Trinajstić information content (AvgIpc) is 2.83. The van der Waals surface area contributed by atoms with Gasteiger partial charge in [-0.05, 0) is 55.7 Å². The zero-order chi connectivity index (χ0) is 19.8. The van der Waals surface area contributed by atoms with Crippen molar-refractivity contribution in [3.05, 3.63) is 64.2 Å². The van der Waals surface area contributed by atoms with Crippen LogP contribution in [0.25, 0.3) is 0 Å². The molecule has 3 N–H and O–H groups in total. The van der Waals surface area contributed by atoms with Gasteiger partial charge in [-0.25, -0.2) is 4.79 Å². The molecule has 1 aliphatic heterocycles. The number of anilines is 1. The fraction of sp³-hybridized carbons (Fsp3) is 0.211. The van der Waals surface area contributed by atoms with E-state index < -0.39 is 17.5 Å². The Kier molecular flexibility index (Phi) is 5.08. The van der Waals surface area contributed by atoms with E-state index in [2.05, 4.69) is 16.1 Å². The molecule has 0 unspecified atom stereocenters. The maximum Gasteiger partial charge on any atom is 0.344 e. The third-order valence-electron chi connectivity index (χ3n) is 4.43. The number of hydrogen-bond donors (Lipinski definition) is 3. The van der Waals surface area contributed by atoms with Crippen molar-refractivity contribution in [2.45, 2.75) is 26.3 Å². The van der Waals surface area contributed by atoms with Gasteiger partial charge in [0.25, 0.3) is 5.91 Å². The van der Waals surface area contributed by atoms with E-state index >= 15 is 0 Å². The van der Waals surface area contributed by atoms with Gasteiger partial charge in [0.05, 0.1) is 10.7 Å². The highest BCUT2D eigenvalue weighted by Crippen LogP contribution is 2.29. The molecule has 0 spiro atoms. The van der Waals surface area contributed by atoms with E-state index in [1.807, 2.05) is 38.1 Å². The summed E-state index contributed by atoms with van der Waals surface area (Å²) in [6.07, 6.45) is 0. The van der Waals surface area contributed by atoms with Crippen molar-refractivity contribution in [2.75, 3.05) is 5.32 Å². The fourth-order valence-electron chi connectivity index (χ4n) is 3.02. The number of nitrogens with zero attached hydrogens (tertiary/aromatic N) is 1. The van der Waals surface area contributed by atoms with Gasteiger partial charge >= 0.3 is 6.03 Å². The number of hydrogen-bond acceptors (Lipinski definition) is 3. The van der Waals surface area contributed by atoms with Crippen molar-refractivity contribution in [1.29, 1.82) is 0 Å². The molecule has 2 aromatic rings. The lowest BCUT2D eigenvalue weighted by Crippen LogP contribution is -2.49. The summed E-state index contributed by atoms with van der Waals surface area (Å²) in [5.41, 5.74) is 4.71. The van der Waals surface area contributed by atoms with Crippen LogP contribution in [0.15, 0.2) is 42.5 Å². The van der Waals surface area contributed by atoms with Gasteiger partial charge in [0, 0.05) is 0 Å². The number of thiocarbonyl (C=S) groups is 1. The number of carbonyl (C=O) groups excluding carboxylic acids is 2. The van der Waals surface area contributed by atoms with Gasteiger partial charge in [-0.3, -0.25) is 10.2 Å². The summed E-state index contributed by atoms with van der Waals surface area (Å²) >= 11 is 11.5. The van der Waals surface area contributed by atoms with Gasteiger partial charge in [0.1, 0.15) is 5.54 Å². The second-order valence-electron chi connectivity index (χ2n) is 6.57. The van der Waals surface area contributed by atoms with E-state index in [0.717, 1.165) is 16.1 Å². The number of benzene rings is 2. The van der Waals surface area contributed by atoms with Crippen LogP contribution in [0.3, 0.4) is 0 Å². The van der Waals surface area contributed by atoms with Gasteiger partial charge in [-0.1, -0.05) is 48.0 Å². The largest absolute Gasteiger partial charge is 0.344 e. The molecule has 140 valence electrons. The van der Waals surface area contributed by atoms with Crippen LogP contribution in [0.1, 0.15) is 23.6 Å². The van der Waals surface area contributed by atoms with Crippen LogP contribution in [0.2, 0.25) is 5.02 Å². The van der Waals surface area contributed by atoms with Crippen molar-refractivity contribution in [2.24, 2.45) is 0 Å². The topological polar surface area (TPSA) is 73.5 Å². The Balaban J connectivity index is 1.77. The summed E-state index contributed by atoms with van der Waals surface area (Å²) in [6, 6.07) is 12.2. The van der Waals surface area contributed by atoms with Crippen LogP contribution in [-0.2, 0) is 10.3 Å². The van der Waals surface area contributed by atoms with Crippen molar-refractivity contribution in [1.82, 2.24) is 15.8 Å². The SMILES string of the molecule is Cc1cc(C)c(NC(=S)NN2C(=O)N[C@@](C)(c3ccccc3)C2=O)c(Cl)c1. The zero-order valence-electron chi connectivity index (χ0n) is 15.1. The molecule has 1 fully saturated rings. The highest BCUT2D eigenvalue weighted by molar-refractivity contribution is 7.80. The Morgan fingerprint density at radius 2 is 1.85 bits per heavy atom. The highest BCUT2D eigenvalue weighted by atomic mass is 35.5. The molecule has 6 nitrogen and oxygen atoms in total. The van der Waals surface area contributed by atoms with Crippen LogP contribution >= 0.6 is 23.8 Å². The second-order valence-corrected chi connectivity index (χ2v) is 7.38. The molecule has 8 heteroatoms. The highest BCUT2D eigenvalue weighted by Gasteiger charge is 2.49. The van der Waals surface area contributed by atoms with E-state index in [1.165, 1.54) is 0 Å². The summed E-state index contributed by atoms with van der Waals surface area (Å²) in [5.74, 6) is -0.449. The first kappa shape index (κ1) is 19.1. The summed E-state index contributed by atoms with van der Waals surface area (Å²) in [7, 11) is 0. The molecular formula is C19H19ClN4O2S. The lowest BCUT2D eigenvalue weighted by molar-refractivity contribution is -0.132. The lowest BCUT2D eigenvalue weighted by Gasteiger charge is -2.23. The summed E-state index contributed by atoms with van der Waals surface area (Å²) < 4.78 is 0. The van der Waals surface area contributed by atoms with E-state index in [9.17, 15) is 9.59 Å². The Labute approximate surface area is 167 Å². The van der Waals surface area contributed by atoms with E-state index in [-0.39, 0.29) is 5.11 Å². The van der Waals surface area contributed by atoms with Crippen LogP contribution in [0.5, 0.6) is 0 Å². The minimum Gasteiger partial charge on any atom is -0.330 e. The van der Waals surface area contributed by atoms with E-state index in [0.29, 0.717) is 16.3 Å². The van der Waals surface area contributed by atoms with Crippen molar-refractivity contribution < 1.29 is 9.59 Å². The first-order valence-corrected chi connectivity index (χ1v) is 9.07. The maximum absolute atomic E-state index is 12.9. The van der Waals surface area contributed by atoms with Gasteiger partial charge in [-0.2, -0.15) is 5.01 Å². The third-order valence-corrected chi connectivity index (χ3v) is 4.92. The Morgan fingerprint density at radius 1 is 1.19 bits per heavy atom. The molecule has 0 saturated carbocycles. The molecule has 0 aliphatic carbocycles. The molecule has 1 atom stereocenters. The monoisotopic (exact) mass is 402 g/mol. The van der Waals surface area contributed by atoms with Crippen molar-refractivity contribution >= 4 is 46.6 Å². The number of hydrazine groups is 1. The molecule has 1 saturated heterocycles. The number of nitrogens with one attached hydrogen (secondary N) is 3. The zero-order valence-corrected chi connectivity index (χ0v) is 16.7. The fourth-order valence-corrected chi connectivity index (χ4v) is 3.59. The molecule has 27 heavy (non-hydrogen) atoms. The van der Waals surface area contributed by atoms with E-state index in [4.69, 9.17) is 23.8 Å². The van der Waals surface area contributed by atoms with Crippen LogP contribution in [-0.4, -0.2) is 22.1 Å². The molecule has 3 amide bonds. The first-order valence-electron chi connectivity index (χ1n) is 8.29. The van der Waals surface area contributed by atoms with Crippen LogP contribution < -0.4 is 16.1 Å². The molecule has 1 aliphatic rings. The molecule has 2 aromatic carbocycles. The second kappa shape index (κ2) is 7.17. The summed E-state index contributed by atoms with van der Waals surface area (Å²) in [6.45, 7) is 5.49. The minimum atomic E-state index is -1.17. The van der Waals surface area contributed by atoms with Crippen LogP contribution in [0, 0.1) is 13.8 Å². The van der Waals surface area contributed by atoms with Gasteiger partial charge in [0.2, 0.25) is 0 Å². The Morgan fingerprint density at radius 3 is 2.48 bits per heavy atom. The quantitative estimate of drug-likeness (QED) is 0.540. The van der Waals surface area contributed by atoms with Crippen molar-refractivity contribution in [3.8, 4) is 0 Å². The third kappa shape index (κ3) is 3.61. The molecule has 1 heterocycles. The Hall–Kier alpha value is -2.64.